The van der Waals surface area contributed by atoms with E-state index in [4.69, 9.17) is 0 Å². The van der Waals surface area contributed by atoms with E-state index in [2.05, 4.69) is 29.2 Å². The number of hydrogen-bond acceptors (Lipinski definition) is 3. The largest absolute Gasteiger partial charge is 0.332 e. The number of rotatable bonds is 6. The Labute approximate surface area is 164 Å². The van der Waals surface area contributed by atoms with Crippen molar-refractivity contribution in [3.8, 4) is 0 Å². The first kappa shape index (κ1) is 18.7. The van der Waals surface area contributed by atoms with E-state index < -0.39 is 0 Å². The van der Waals surface area contributed by atoms with Gasteiger partial charge in [0.1, 0.15) is 5.82 Å². The summed E-state index contributed by atoms with van der Waals surface area (Å²) in [4.78, 5) is 29.2. The highest BCUT2D eigenvalue weighted by molar-refractivity contribution is 5.70. The van der Waals surface area contributed by atoms with Crippen LogP contribution in [0.15, 0.2) is 33.9 Å². The third-order valence-corrected chi connectivity index (χ3v) is 6.28. The molecule has 28 heavy (non-hydrogen) atoms. The Kier molecular flexibility index (Phi) is 4.96. The molecule has 2 aromatic heterocycles. The number of nitrogens with zero attached hydrogens (tertiary/aromatic N) is 4. The predicted octanol–water partition coefficient (Wildman–Crippen LogP) is 2.80. The van der Waals surface area contributed by atoms with Crippen molar-refractivity contribution in [2.45, 2.75) is 50.9 Å². The highest BCUT2D eigenvalue weighted by Crippen LogP contribution is 2.36. The van der Waals surface area contributed by atoms with Crippen LogP contribution in [-0.2, 0) is 34.0 Å². The summed E-state index contributed by atoms with van der Waals surface area (Å²) in [5, 5.41) is 0. The summed E-state index contributed by atoms with van der Waals surface area (Å²) in [6.45, 7) is 0. The van der Waals surface area contributed by atoms with E-state index in [1.54, 1.807) is 12.6 Å². The SMILES string of the molecule is Cn1c(=O)c2c(nc(CCCCCC3CCc4ccccc43)n2C)n(C)c1=O. The second-order valence-corrected chi connectivity index (χ2v) is 8.00. The molecule has 6 nitrogen and oxygen atoms in total. The second kappa shape index (κ2) is 7.41. The zero-order chi connectivity index (χ0) is 19.8. The van der Waals surface area contributed by atoms with Crippen LogP contribution in [0, 0.1) is 0 Å². The van der Waals surface area contributed by atoms with Crippen molar-refractivity contribution < 1.29 is 0 Å². The lowest BCUT2D eigenvalue weighted by Crippen LogP contribution is -2.37. The van der Waals surface area contributed by atoms with Gasteiger partial charge in [0.25, 0.3) is 5.56 Å². The van der Waals surface area contributed by atoms with Gasteiger partial charge in [0.05, 0.1) is 0 Å². The van der Waals surface area contributed by atoms with E-state index in [0.717, 1.165) is 29.7 Å². The fourth-order valence-corrected chi connectivity index (χ4v) is 4.58. The molecule has 1 atom stereocenters. The molecular weight excluding hydrogens is 352 g/mol. The molecule has 1 aliphatic rings. The van der Waals surface area contributed by atoms with Crippen molar-refractivity contribution in [3.63, 3.8) is 0 Å². The van der Waals surface area contributed by atoms with Crippen LogP contribution in [-0.4, -0.2) is 18.7 Å². The van der Waals surface area contributed by atoms with E-state index >= 15 is 0 Å². The van der Waals surface area contributed by atoms with Crippen molar-refractivity contribution in [2.75, 3.05) is 0 Å². The quantitative estimate of drug-likeness (QED) is 0.618. The highest BCUT2D eigenvalue weighted by atomic mass is 16.2. The van der Waals surface area contributed by atoms with Crippen LogP contribution < -0.4 is 11.2 Å². The Hall–Kier alpha value is -2.63. The minimum atomic E-state index is -0.334. The summed E-state index contributed by atoms with van der Waals surface area (Å²) in [6.07, 6.45) is 7.97. The number of aromatic nitrogens is 4. The maximum atomic E-state index is 12.4. The topological polar surface area (TPSA) is 61.8 Å². The molecule has 4 rings (SSSR count). The molecule has 1 aromatic carbocycles. The van der Waals surface area contributed by atoms with Crippen molar-refractivity contribution in [2.24, 2.45) is 21.1 Å². The number of unbranched alkanes of at least 4 members (excludes halogenated alkanes) is 2. The van der Waals surface area contributed by atoms with Gasteiger partial charge in [-0.2, -0.15) is 0 Å². The molecule has 1 unspecified atom stereocenters. The van der Waals surface area contributed by atoms with Crippen molar-refractivity contribution in [1.82, 2.24) is 18.7 Å². The molecule has 6 heteroatoms. The first-order chi connectivity index (χ1) is 13.5. The Morgan fingerprint density at radius 3 is 2.61 bits per heavy atom. The maximum Gasteiger partial charge on any atom is 0.332 e. The number of aryl methyl sites for hydroxylation is 4. The van der Waals surface area contributed by atoms with Gasteiger partial charge >= 0.3 is 5.69 Å². The molecule has 3 aromatic rings. The Morgan fingerprint density at radius 1 is 1.00 bits per heavy atom. The summed E-state index contributed by atoms with van der Waals surface area (Å²) < 4.78 is 4.45. The molecule has 0 aliphatic heterocycles. The first-order valence-corrected chi connectivity index (χ1v) is 10.2. The van der Waals surface area contributed by atoms with Gasteiger partial charge in [0, 0.05) is 27.6 Å². The van der Waals surface area contributed by atoms with Gasteiger partial charge in [-0.25, -0.2) is 9.78 Å². The molecule has 148 valence electrons. The fraction of sp³-hybridized carbons (Fsp3) is 0.500. The molecule has 0 N–H and O–H groups in total. The standard InChI is InChI=1S/C22H28N4O2/c1-24-18(23-20-19(24)21(27)26(3)22(28)25(20)2)12-6-4-5-9-15-13-14-16-10-7-8-11-17(15)16/h7-8,10-11,15H,4-6,9,12-14H2,1-3H3. The highest BCUT2D eigenvalue weighted by Gasteiger charge is 2.21. The number of benzene rings is 1. The maximum absolute atomic E-state index is 12.4. The van der Waals surface area contributed by atoms with Gasteiger partial charge in [-0.1, -0.05) is 37.1 Å². The number of fused-ring (bicyclic) bond motifs is 2. The molecule has 0 spiro atoms. The zero-order valence-corrected chi connectivity index (χ0v) is 16.9. The summed E-state index contributed by atoms with van der Waals surface area (Å²) in [6, 6.07) is 8.84. The van der Waals surface area contributed by atoms with Gasteiger partial charge in [-0.3, -0.25) is 13.9 Å². The predicted molar refractivity (Wildman–Crippen MR) is 111 cm³/mol. The van der Waals surface area contributed by atoms with Crippen LogP contribution in [0.3, 0.4) is 0 Å². The normalized spacial score (nSPS) is 16.0. The van der Waals surface area contributed by atoms with Crippen LogP contribution in [0.4, 0.5) is 0 Å². The third kappa shape index (κ3) is 3.11. The van der Waals surface area contributed by atoms with Gasteiger partial charge in [0.2, 0.25) is 0 Å². The number of hydrogen-bond donors (Lipinski definition) is 0. The summed E-state index contributed by atoms with van der Waals surface area (Å²) in [5.41, 5.74) is 3.45. The average molecular weight is 380 g/mol. The van der Waals surface area contributed by atoms with Crippen LogP contribution in [0.2, 0.25) is 0 Å². The zero-order valence-electron chi connectivity index (χ0n) is 16.9. The van der Waals surface area contributed by atoms with E-state index in [1.807, 2.05) is 11.6 Å². The third-order valence-electron chi connectivity index (χ3n) is 6.28. The van der Waals surface area contributed by atoms with Crippen molar-refractivity contribution in [1.29, 1.82) is 0 Å². The summed E-state index contributed by atoms with van der Waals surface area (Å²) in [5.74, 6) is 1.59. The molecule has 0 amide bonds. The molecule has 0 saturated carbocycles. The van der Waals surface area contributed by atoms with Crippen molar-refractivity contribution in [3.05, 3.63) is 62.1 Å². The summed E-state index contributed by atoms with van der Waals surface area (Å²) in [7, 11) is 5.05. The Balaban J connectivity index is 1.38. The number of imidazole rings is 1. The Bertz CT molecular complexity index is 1140. The monoisotopic (exact) mass is 380 g/mol. The van der Waals surface area contributed by atoms with Gasteiger partial charge < -0.3 is 4.57 Å². The lowest BCUT2D eigenvalue weighted by molar-refractivity contribution is 0.548. The minimum Gasteiger partial charge on any atom is -0.325 e. The Morgan fingerprint density at radius 2 is 1.79 bits per heavy atom. The van der Waals surface area contributed by atoms with Crippen LogP contribution >= 0.6 is 0 Å². The molecule has 2 heterocycles. The second-order valence-electron chi connectivity index (χ2n) is 8.00. The lowest BCUT2D eigenvalue weighted by Gasteiger charge is -2.11. The fourth-order valence-electron chi connectivity index (χ4n) is 4.58. The molecule has 0 radical (unpaired) electrons. The molecule has 0 fully saturated rings. The molecule has 1 aliphatic carbocycles. The van der Waals surface area contributed by atoms with Gasteiger partial charge in [0.15, 0.2) is 11.2 Å². The smallest absolute Gasteiger partial charge is 0.325 e. The minimum absolute atomic E-state index is 0.278. The van der Waals surface area contributed by atoms with E-state index in [9.17, 15) is 9.59 Å². The van der Waals surface area contributed by atoms with Crippen LogP contribution in [0.1, 0.15) is 55.0 Å². The van der Waals surface area contributed by atoms with E-state index in [0.29, 0.717) is 17.1 Å². The lowest BCUT2D eigenvalue weighted by atomic mass is 9.95. The van der Waals surface area contributed by atoms with E-state index in [1.165, 1.54) is 42.9 Å². The molecule has 0 saturated heterocycles. The van der Waals surface area contributed by atoms with Gasteiger partial charge in [-0.05, 0) is 42.7 Å². The first-order valence-electron chi connectivity index (χ1n) is 10.2. The molecule has 0 bridgehead atoms. The van der Waals surface area contributed by atoms with Gasteiger partial charge in [-0.15, -0.1) is 0 Å². The van der Waals surface area contributed by atoms with Crippen molar-refractivity contribution >= 4 is 11.2 Å². The summed E-state index contributed by atoms with van der Waals surface area (Å²) >= 11 is 0. The average Bonchev–Trinajstić information content (AvgIpc) is 3.26. The molecular formula is C22H28N4O2. The van der Waals surface area contributed by atoms with E-state index in [-0.39, 0.29) is 11.2 Å². The van der Waals surface area contributed by atoms with Crippen LogP contribution in [0.25, 0.3) is 11.2 Å². The van der Waals surface area contributed by atoms with Crippen LogP contribution in [0.5, 0.6) is 0 Å².